The molecule has 2 unspecified atom stereocenters. The molecule has 1 aromatic carbocycles. The number of ether oxygens (including phenoxy) is 1. The van der Waals surface area contributed by atoms with E-state index < -0.39 is 0 Å². The number of hydrogen-bond acceptors (Lipinski definition) is 3. The summed E-state index contributed by atoms with van der Waals surface area (Å²) in [7, 11) is 1.73. The maximum absolute atomic E-state index is 13.6. The minimum Gasteiger partial charge on any atom is -0.379 e. The van der Waals surface area contributed by atoms with Gasteiger partial charge in [0.25, 0.3) is 0 Å². The lowest BCUT2D eigenvalue weighted by Crippen LogP contribution is -2.21. The zero-order valence-electron chi connectivity index (χ0n) is 11.2. The molecule has 5 heteroatoms. The predicted molar refractivity (Wildman–Crippen MR) is 72.5 cm³/mol. The summed E-state index contributed by atoms with van der Waals surface area (Å²) in [4.78, 5) is 4.27. The van der Waals surface area contributed by atoms with Crippen LogP contribution in [0.4, 0.5) is 10.3 Å². The van der Waals surface area contributed by atoms with Gasteiger partial charge in [0.2, 0.25) is 5.95 Å². The number of methoxy groups -OCH3 is 1. The molecule has 1 saturated carbocycles. The zero-order valence-corrected chi connectivity index (χ0v) is 11.2. The molecule has 102 valence electrons. The van der Waals surface area contributed by atoms with E-state index in [1.54, 1.807) is 14.0 Å². The van der Waals surface area contributed by atoms with Crippen molar-refractivity contribution in [3.8, 4) is 0 Å². The normalized spacial score (nSPS) is 23.3. The third kappa shape index (κ3) is 1.89. The number of nitrogen functional groups attached to an aromatic ring is 1. The molecule has 1 heterocycles. The first-order valence-corrected chi connectivity index (χ1v) is 6.58. The quantitative estimate of drug-likeness (QED) is 0.906. The molecule has 3 rings (SSSR count). The lowest BCUT2D eigenvalue weighted by molar-refractivity contribution is 0.0768. The Labute approximate surface area is 111 Å². The maximum Gasteiger partial charge on any atom is 0.201 e. The molecule has 0 aliphatic heterocycles. The molecule has 19 heavy (non-hydrogen) atoms. The van der Waals surface area contributed by atoms with Crippen LogP contribution in [0.5, 0.6) is 0 Å². The molecule has 2 atom stereocenters. The standard InChI is InChI=1S/C14H18FN3O/c1-8-6-12-10(7-9(8)15)17-14(16)18(12)11-4-3-5-13(11)19-2/h6-7,11,13H,3-5H2,1-2H3,(H2,16,17). The van der Waals surface area contributed by atoms with E-state index in [4.69, 9.17) is 10.5 Å². The van der Waals surface area contributed by atoms with Crippen molar-refractivity contribution >= 4 is 17.0 Å². The topological polar surface area (TPSA) is 53.1 Å². The highest BCUT2D eigenvalue weighted by Crippen LogP contribution is 2.36. The summed E-state index contributed by atoms with van der Waals surface area (Å²) in [6.07, 6.45) is 3.32. The van der Waals surface area contributed by atoms with Crippen LogP contribution in [0.2, 0.25) is 0 Å². The van der Waals surface area contributed by atoms with Gasteiger partial charge in [-0.25, -0.2) is 9.37 Å². The minimum atomic E-state index is -0.244. The number of nitrogens with zero attached hydrogens (tertiary/aromatic N) is 2. The van der Waals surface area contributed by atoms with Crippen LogP contribution in [-0.4, -0.2) is 22.8 Å². The number of imidazole rings is 1. The van der Waals surface area contributed by atoms with Gasteiger partial charge in [-0.1, -0.05) is 0 Å². The number of rotatable bonds is 2. The van der Waals surface area contributed by atoms with E-state index in [-0.39, 0.29) is 18.0 Å². The van der Waals surface area contributed by atoms with Crippen molar-refractivity contribution in [3.63, 3.8) is 0 Å². The number of halogens is 1. The second kappa shape index (κ2) is 4.49. The number of aryl methyl sites for hydroxylation is 1. The largest absolute Gasteiger partial charge is 0.379 e. The van der Waals surface area contributed by atoms with E-state index >= 15 is 0 Å². The van der Waals surface area contributed by atoms with Gasteiger partial charge in [0.15, 0.2) is 0 Å². The van der Waals surface area contributed by atoms with Crippen molar-refractivity contribution in [1.82, 2.24) is 9.55 Å². The molecule has 2 aromatic rings. The Kier molecular flexibility index (Phi) is 2.93. The number of fused-ring (bicyclic) bond motifs is 1. The molecular formula is C14H18FN3O. The maximum atomic E-state index is 13.6. The van der Waals surface area contributed by atoms with Crippen LogP contribution in [0, 0.1) is 12.7 Å². The molecule has 4 nitrogen and oxygen atoms in total. The van der Waals surface area contributed by atoms with Crippen molar-refractivity contribution < 1.29 is 9.13 Å². The summed E-state index contributed by atoms with van der Waals surface area (Å²) in [6.45, 7) is 1.75. The number of anilines is 1. The zero-order chi connectivity index (χ0) is 13.6. The van der Waals surface area contributed by atoms with Gasteiger partial charge in [-0.15, -0.1) is 0 Å². The third-order valence-corrected chi connectivity index (χ3v) is 4.05. The predicted octanol–water partition coefficient (Wildman–Crippen LogP) is 2.81. The van der Waals surface area contributed by atoms with Crippen molar-refractivity contribution in [2.75, 3.05) is 12.8 Å². The Bertz CT molecular complexity index is 623. The van der Waals surface area contributed by atoms with Crippen molar-refractivity contribution in [2.24, 2.45) is 0 Å². The van der Waals surface area contributed by atoms with E-state index in [9.17, 15) is 4.39 Å². The molecular weight excluding hydrogens is 245 g/mol. The fourth-order valence-corrected chi connectivity index (χ4v) is 3.06. The van der Waals surface area contributed by atoms with Crippen LogP contribution < -0.4 is 5.73 Å². The van der Waals surface area contributed by atoms with Crippen molar-refractivity contribution in [2.45, 2.75) is 38.3 Å². The highest BCUT2D eigenvalue weighted by atomic mass is 19.1. The average Bonchev–Trinajstić information content (AvgIpc) is 2.93. The average molecular weight is 263 g/mol. The van der Waals surface area contributed by atoms with Crippen molar-refractivity contribution in [3.05, 3.63) is 23.5 Å². The van der Waals surface area contributed by atoms with Crippen LogP contribution in [0.3, 0.4) is 0 Å². The second-order valence-electron chi connectivity index (χ2n) is 5.20. The molecule has 1 aliphatic carbocycles. The van der Waals surface area contributed by atoms with Crippen LogP contribution in [0.25, 0.3) is 11.0 Å². The SMILES string of the molecule is COC1CCCC1n1c(N)nc2cc(F)c(C)cc21. The molecule has 0 bridgehead atoms. The third-order valence-electron chi connectivity index (χ3n) is 4.05. The molecule has 1 aromatic heterocycles. The molecule has 0 radical (unpaired) electrons. The Morgan fingerprint density at radius 2 is 2.21 bits per heavy atom. The number of aromatic nitrogens is 2. The fourth-order valence-electron chi connectivity index (χ4n) is 3.06. The van der Waals surface area contributed by atoms with Gasteiger partial charge in [0.1, 0.15) is 5.82 Å². The highest BCUT2D eigenvalue weighted by molar-refractivity contribution is 5.79. The first-order valence-electron chi connectivity index (χ1n) is 6.58. The molecule has 0 saturated heterocycles. The van der Waals surface area contributed by atoms with Gasteiger partial charge >= 0.3 is 0 Å². The lowest BCUT2D eigenvalue weighted by Gasteiger charge is -2.21. The van der Waals surface area contributed by atoms with Gasteiger partial charge in [0.05, 0.1) is 23.2 Å². The van der Waals surface area contributed by atoms with Gasteiger partial charge in [-0.05, 0) is 37.8 Å². The highest BCUT2D eigenvalue weighted by Gasteiger charge is 2.31. The van der Waals surface area contributed by atoms with E-state index in [1.807, 2.05) is 10.6 Å². The Morgan fingerprint density at radius 3 is 2.95 bits per heavy atom. The first-order chi connectivity index (χ1) is 9.11. The summed E-state index contributed by atoms with van der Waals surface area (Å²) < 4.78 is 21.1. The molecule has 1 aliphatic rings. The van der Waals surface area contributed by atoms with Crippen molar-refractivity contribution in [1.29, 1.82) is 0 Å². The Hall–Kier alpha value is -1.62. The number of hydrogen-bond donors (Lipinski definition) is 1. The summed E-state index contributed by atoms with van der Waals surface area (Å²) in [5.74, 6) is 0.195. The molecule has 1 fully saturated rings. The summed E-state index contributed by atoms with van der Waals surface area (Å²) in [5, 5.41) is 0. The lowest BCUT2D eigenvalue weighted by atomic mass is 10.1. The monoisotopic (exact) mass is 263 g/mol. The minimum absolute atomic E-state index is 0.157. The Morgan fingerprint density at radius 1 is 1.42 bits per heavy atom. The van der Waals surface area contributed by atoms with E-state index in [0.717, 1.165) is 24.8 Å². The van der Waals surface area contributed by atoms with Crippen LogP contribution in [0.1, 0.15) is 30.9 Å². The summed E-state index contributed by atoms with van der Waals surface area (Å²) in [6, 6.07) is 3.47. The summed E-state index contributed by atoms with van der Waals surface area (Å²) >= 11 is 0. The summed E-state index contributed by atoms with van der Waals surface area (Å²) in [5.41, 5.74) is 8.14. The molecule has 0 spiro atoms. The van der Waals surface area contributed by atoms with Gasteiger partial charge in [0, 0.05) is 13.2 Å². The molecule has 2 N–H and O–H groups in total. The van der Waals surface area contributed by atoms with E-state index in [2.05, 4.69) is 4.98 Å². The smallest absolute Gasteiger partial charge is 0.201 e. The van der Waals surface area contributed by atoms with E-state index in [1.165, 1.54) is 6.07 Å². The molecule has 0 amide bonds. The van der Waals surface area contributed by atoms with E-state index in [0.29, 0.717) is 17.0 Å². The van der Waals surface area contributed by atoms with Crippen LogP contribution in [-0.2, 0) is 4.74 Å². The Balaban J connectivity index is 2.17. The number of benzene rings is 1. The van der Waals surface area contributed by atoms with Gasteiger partial charge < -0.3 is 15.0 Å². The van der Waals surface area contributed by atoms with Gasteiger partial charge in [-0.2, -0.15) is 0 Å². The van der Waals surface area contributed by atoms with Crippen LogP contribution >= 0.6 is 0 Å². The van der Waals surface area contributed by atoms with Gasteiger partial charge in [-0.3, -0.25) is 0 Å². The fraction of sp³-hybridized carbons (Fsp3) is 0.500. The second-order valence-corrected chi connectivity index (χ2v) is 5.20. The number of nitrogens with two attached hydrogens (primary N) is 1. The first kappa shape index (κ1) is 12.4. The van der Waals surface area contributed by atoms with Crippen LogP contribution in [0.15, 0.2) is 12.1 Å².